The number of nitrogens with zero attached hydrogens (tertiary/aromatic N) is 2. The topological polar surface area (TPSA) is 70.5 Å². The lowest BCUT2D eigenvalue weighted by Gasteiger charge is -2.15. The summed E-state index contributed by atoms with van der Waals surface area (Å²) in [6, 6.07) is 3.63. The van der Waals surface area contributed by atoms with Crippen LogP contribution < -0.4 is 0 Å². The van der Waals surface area contributed by atoms with Crippen molar-refractivity contribution in [1.29, 1.82) is 0 Å². The Morgan fingerprint density at radius 3 is 2.71 bits per heavy atom. The van der Waals surface area contributed by atoms with E-state index in [0.29, 0.717) is 19.4 Å². The minimum Gasteiger partial charge on any atom is -0.392 e. The second-order valence-electron chi connectivity index (χ2n) is 4.22. The maximum atomic E-state index is 12.0. The van der Waals surface area contributed by atoms with E-state index in [0.717, 1.165) is 5.56 Å². The highest BCUT2D eigenvalue weighted by Crippen LogP contribution is 2.14. The highest BCUT2D eigenvalue weighted by molar-refractivity contribution is 7.89. The van der Waals surface area contributed by atoms with Gasteiger partial charge < -0.3 is 5.11 Å². The van der Waals surface area contributed by atoms with Crippen molar-refractivity contribution in [3.05, 3.63) is 30.1 Å². The van der Waals surface area contributed by atoms with Crippen molar-refractivity contribution in [1.82, 2.24) is 9.29 Å². The number of aliphatic hydroxyl groups excluding tert-OH is 1. The number of β-amino-alcohol motifs (C(OH)–C–C–N with tert-alkyl or cyclic N) is 1. The van der Waals surface area contributed by atoms with Crippen LogP contribution in [0.15, 0.2) is 24.5 Å². The number of sulfonamides is 1. The molecule has 1 aromatic rings. The van der Waals surface area contributed by atoms with Crippen LogP contribution in [0.5, 0.6) is 0 Å². The molecule has 1 aliphatic heterocycles. The Balaban J connectivity index is 1.94. The Morgan fingerprint density at radius 1 is 1.41 bits per heavy atom. The third-order valence-electron chi connectivity index (χ3n) is 2.92. The molecule has 0 saturated carbocycles. The predicted molar refractivity (Wildman–Crippen MR) is 63.9 cm³/mol. The largest absolute Gasteiger partial charge is 0.392 e. The molecule has 0 radical (unpaired) electrons. The summed E-state index contributed by atoms with van der Waals surface area (Å²) in [5.74, 6) is 0.0870. The summed E-state index contributed by atoms with van der Waals surface area (Å²) in [4.78, 5) is 3.88. The molecule has 0 amide bonds. The molecule has 5 nitrogen and oxygen atoms in total. The van der Waals surface area contributed by atoms with E-state index < -0.39 is 16.1 Å². The molecule has 1 aliphatic rings. The zero-order chi connectivity index (χ0) is 12.3. The van der Waals surface area contributed by atoms with Gasteiger partial charge in [0.15, 0.2) is 0 Å². The quantitative estimate of drug-likeness (QED) is 0.824. The summed E-state index contributed by atoms with van der Waals surface area (Å²) in [5, 5.41) is 9.33. The van der Waals surface area contributed by atoms with Gasteiger partial charge in [-0.1, -0.05) is 0 Å². The Kier molecular flexibility index (Phi) is 3.76. The third kappa shape index (κ3) is 3.24. The molecule has 1 unspecified atom stereocenters. The Labute approximate surface area is 101 Å². The summed E-state index contributed by atoms with van der Waals surface area (Å²) in [6.07, 6.45) is 3.82. The number of aliphatic hydroxyl groups is 1. The van der Waals surface area contributed by atoms with E-state index in [-0.39, 0.29) is 12.3 Å². The molecule has 0 bridgehead atoms. The zero-order valence-electron chi connectivity index (χ0n) is 9.49. The van der Waals surface area contributed by atoms with Crippen LogP contribution in [0.4, 0.5) is 0 Å². The maximum absolute atomic E-state index is 12.0. The van der Waals surface area contributed by atoms with Crippen molar-refractivity contribution >= 4 is 10.0 Å². The SMILES string of the molecule is O=S(=O)(CCc1ccncc1)N1CCC(O)C1. The molecule has 1 aromatic heterocycles. The molecule has 6 heteroatoms. The van der Waals surface area contributed by atoms with Crippen LogP contribution >= 0.6 is 0 Å². The first-order chi connectivity index (χ1) is 8.08. The highest BCUT2D eigenvalue weighted by atomic mass is 32.2. The van der Waals surface area contributed by atoms with Gasteiger partial charge >= 0.3 is 0 Å². The zero-order valence-corrected chi connectivity index (χ0v) is 10.3. The van der Waals surface area contributed by atoms with Crippen molar-refractivity contribution in [3.63, 3.8) is 0 Å². The molecule has 1 N–H and O–H groups in total. The van der Waals surface area contributed by atoms with Crippen LogP contribution in [0, 0.1) is 0 Å². The van der Waals surface area contributed by atoms with Crippen LogP contribution in [0.25, 0.3) is 0 Å². The first-order valence-electron chi connectivity index (χ1n) is 5.63. The Bertz CT molecular complexity index is 461. The Morgan fingerprint density at radius 2 is 2.12 bits per heavy atom. The average Bonchev–Trinajstić information content (AvgIpc) is 2.76. The number of pyridine rings is 1. The first-order valence-corrected chi connectivity index (χ1v) is 7.23. The van der Waals surface area contributed by atoms with Crippen LogP contribution in [-0.2, 0) is 16.4 Å². The number of hydrogen-bond donors (Lipinski definition) is 1. The molecule has 0 aromatic carbocycles. The smallest absolute Gasteiger partial charge is 0.214 e. The summed E-state index contributed by atoms with van der Waals surface area (Å²) < 4.78 is 25.3. The summed E-state index contributed by atoms with van der Waals surface area (Å²) in [7, 11) is -3.24. The molecule has 1 atom stereocenters. The van der Waals surface area contributed by atoms with Crippen molar-refractivity contribution in [3.8, 4) is 0 Å². The second-order valence-corrected chi connectivity index (χ2v) is 6.31. The van der Waals surface area contributed by atoms with Gasteiger partial charge in [0.25, 0.3) is 0 Å². The monoisotopic (exact) mass is 256 g/mol. The molecule has 2 heterocycles. The van der Waals surface area contributed by atoms with Gasteiger partial charge in [-0.2, -0.15) is 4.31 Å². The molecule has 17 heavy (non-hydrogen) atoms. The molecule has 0 spiro atoms. The fourth-order valence-corrected chi connectivity index (χ4v) is 3.42. The lowest BCUT2D eigenvalue weighted by atomic mass is 10.2. The van der Waals surface area contributed by atoms with Crippen LogP contribution in [0.1, 0.15) is 12.0 Å². The lowest BCUT2D eigenvalue weighted by Crippen LogP contribution is -2.32. The van der Waals surface area contributed by atoms with E-state index in [9.17, 15) is 13.5 Å². The van der Waals surface area contributed by atoms with Crippen LogP contribution in [-0.4, -0.2) is 47.8 Å². The van der Waals surface area contributed by atoms with E-state index in [1.165, 1.54) is 4.31 Å². The predicted octanol–water partition coefficient (Wildman–Crippen LogP) is 0.0205. The molecule has 0 aliphatic carbocycles. The van der Waals surface area contributed by atoms with Gasteiger partial charge in [-0.05, 0) is 30.5 Å². The lowest BCUT2D eigenvalue weighted by molar-refractivity contribution is 0.189. The van der Waals surface area contributed by atoms with Gasteiger partial charge in [-0.15, -0.1) is 0 Å². The molecular weight excluding hydrogens is 240 g/mol. The molecule has 1 saturated heterocycles. The molecular formula is C11H16N2O3S. The minimum absolute atomic E-state index is 0.0870. The van der Waals surface area contributed by atoms with Gasteiger partial charge in [0.2, 0.25) is 10.0 Å². The minimum atomic E-state index is -3.24. The van der Waals surface area contributed by atoms with E-state index in [1.54, 1.807) is 12.4 Å². The second kappa shape index (κ2) is 5.12. The van der Waals surface area contributed by atoms with E-state index in [4.69, 9.17) is 0 Å². The van der Waals surface area contributed by atoms with E-state index in [2.05, 4.69) is 4.98 Å². The fourth-order valence-electron chi connectivity index (χ4n) is 1.89. The first kappa shape index (κ1) is 12.5. The maximum Gasteiger partial charge on any atom is 0.214 e. The van der Waals surface area contributed by atoms with Crippen LogP contribution in [0.2, 0.25) is 0 Å². The van der Waals surface area contributed by atoms with Crippen LogP contribution in [0.3, 0.4) is 0 Å². The third-order valence-corrected chi connectivity index (χ3v) is 4.76. The number of aryl methyl sites for hydroxylation is 1. The van der Waals surface area contributed by atoms with E-state index >= 15 is 0 Å². The normalized spacial score (nSPS) is 21.8. The molecule has 2 rings (SSSR count). The summed E-state index contributed by atoms with van der Waals surface area (Å²) >= 11 is 0. The summed E-state index contributed by atoms with van der Waals surface area (Å²) in [5.41, 5.74) is 0.961. The Hall–Kier alpha value is -0.980. The van der Waals surface area contributed by atoms with Crippen molar-refractivity contribution in [2.45, 2.75) is 18.9 Å². The van der Waals surface area contributed by atoms with Crippen molar-refractivity contribution < 1.29 is 13.5 Å². The molecule has 1 fully saturated rings. The standard InChI is InChI=1S/C11H16N2O3S/c14-11-3-7-13(9-11)17(15,16)8-4-10-1-5-12-6-2-10/h1-2,5-6,11,14H,3-4,7-9H2. The number of aromatic nitrogens is 1. The van der Waals surface area contributed by atoms with Gasteiger partial charge in [-0.3, -0.25) is 4.98 Å². The highest BCUT2D eigenvalue weighted by Gasteiger charge is 2.29. The number of hydrogen-bond acceptors (Lipinski definition) is 4. The van der Waals surface area contributed by atoms with E-state index in [1.807, 2.05) is 12.1 Å². The average molecular weight is 256 g/mol. The molecule has 94 valence electrons. The van der Waals surface area contributed by atoms with Gasteiger partial charge in [0.05, 0.1) is 11.9 Å². The fraction of sp³-hybridized carbons (Fsp3) is 0.545. The van der Waals surface area contributed by atoms with Gasteiger partial charge in [0, 0.05) is 25.5 Å². The van der Waals surface area contributed by atoms with Crippen molar-refractivity contribution in [2.24, 2.45) is 0 Å². The number of rotatable bonds is 4. The van der Waals surface area contributed by atoms with Crippen molar-refractivity contribution in [2.75, 3.05) is 18.8 Å². The van der Waals surface area contributed by atoms with Gasteiger partial charge in [-0.25, -0.2) is 8.42 Å². The van der Waals surface area contributed by atoms with Gasteiger partial charge in [0.1, 0.15) is 0 Å². The summed E-state index contributed by atoms with van der Waals surface area (Å²) in [6.45, 7) is 0.665.